The molecule has 0 spiro atoms. The van der Waals surface area contributed by atoms with Gasteiger partial charge in [0.2, 0.25) is 0 Å². The van der Waals surface area contributed by atoms with Crippen LogP contribution < -0.4 is 5.32 Å². The number of halogens is 1. The van der Waals surface area contributed by atoms with Crippen LogP contribution in [-0.2, 0) is 0 Å². The lowest BCUT2D eigenvalue weighted by Gasteiger charge is -2.30. The molecule has 2 nitrogen and oxygen atoms in total. The molecular weight excluding hydrogens is 380 g/mol. The number of nitrogens with one attached hydrogen (secondary N) is 1. The molecule has 1 aliphatic rings. The second-order valence-corrected chi connectivity index (χ2v) is 8.22. The Bertz CT molecular complexity index is 788. The van der Waals surface area contributed by atoms with Gasteiger partial charge in [-0.15, -0.1) is 11.3 Å². The monoisotopic (exact) mass is 400 g/mol. The minimum absolute atomic E-state index is 0.317. The predicted octanol–water partition coefficient (Wildman–Crippen LogP) is 5.05. The van der Waals surface area contributed by atoms with Crippen molar-refractivity contribution in [1.29, 1.82) is 0 Å². The van der Waals surface area contributed by atoms with Crippen molar-refractivity contribution in [2.45, 2.75) is 12.5 Å². The molecule has 0 amide bonds. The van der Waals surface area contributed by atoms with Gasteiger partial charge < -0.3 is 5.32 Å². The van der Waals surface area contributed by atoms with Crippen LogP contribution in [0.25, 0.3) is 10.1 Å². The van der Waals surface area contributed by atoms with Crippen molar-refractivity contribution in [3.05, 3.63) is 69.5 Å². The number of rotatable bonds is 3. The van der Waals surface area contributed by atoms with Crippen LogP contribution in [-0.4, -0.2) is 31.1 Å². The predicted molar refractivity (Wildman–Crippen MR) is 107 cm³/mol. The van der Waals surface area contributed by atoms with E-state index in [0.717, 1.165) is 26.2 Å². The highest BCUT2D eigenvalue weighted by Gasteiger charge is 2.26. The van der Waals surface area contributed by atoms with Gasteiger partial charge in [-0.3, -0.25) is 4.90 Å². The van der Waals surface area contributed by atoms with Gasteiger partial charge in [-0.25, -0.2) is 0 Å². The third kappa shape index (κ3) is 3.29. The van der Waals surface area contributed by atoms with Crippen LogP contribution in [0.2, 0.25) is 0 Å². The van der Waals surface area contributed by atoms with E-state index in [1.54, 1.807) is 0 Å². The van der Waals surface area contributed by atoms with Crippen LogP contribution in [0.3, 0.4) is 0 Å². The Morgan fingerprint density at radius 3 is 2.71 bits per heavy atom. The van der Waals surface area contributed by atoms with Gasteiger partial charge in [0.15, 0.2) is 0 Å². The molecule has 0 saturated carbocycles. The maximum absolute atomic E-state index is 3.79. The van der Waals surface area contributed by atoms with E-state index in [9.17, 15) is 0 Å². The lowest BCUT2D eigenvalue weighted by atomic mass is 10.0. The van der Waals surface area contributed by atoms with Gasteiger partial charge in [0, 0.05) is 33.7 Å². The zero-order valence-corrected chi connectivity index (χ0v) is 15.9. The van der Waals surface area contributed by atoms with Crippen molar-refractivity contribution in [1.82, 2.24) is 10.2 Å². The fraction of sp³-hybridized carbons (Fsp3) is 0.300. The van der Waals surface area contributed by atoms with Crippen molar-refractivity contribution in [2.75, 3.05) is 26.2 Å². The molecule has 4 rings (SSSR count). The molecule has 2 heterocycles. The van der Waals surface area contributed by atoms with Gasteiger partial charge in [0.1, 0.15) is 0 Å². The van der Waals surface area contributed by atoms with Crippen molar-refractivity contribution in [3.8, 4) is 0 Å². The number of hydrogen-bond acceptors (Lipinski definition) is 3. The molecule has 1 aliphatic heterocycles. The van der Waals surface area contributed by atoms with E-state index >= 15 is 0 Å². The number of fused-ring (bicyclic) bond motifs is 1. The summed E-state index contributed by atoms with van der Waals surface area (Å²) < 4.78 is 2.57. The Morgan fingerprint density at radius 1 is 1.00 bits per heavy atom. The lowest BCUT2D eigenvalue weighted by molar-refractivity contribution is 0.243. The van der Waals surface area contributed by atoms with Crippen LogP contribution >= 0.6 is 27.3 Å². The number of nitrogens with zero attached hydrogens (tertiary/aromatic N) is 1. The molecule has 1 unspecified atom stereocenters. The van der Waals surface area contributed by atoms with Crippen LogP contribution in [0.1, 0.15) is 22.9 Å². The summed E-state index contributed by atoms with van der Waals surface area (Å²) in [6, 6.07) is 20.1. The lowest BCUT2D eigenvalue weighted by Crippen LogP contribution is -2.32. The van der Waals surface area contributed by atoms with E-state index < -0.39 is 0 Å². The summed E-state index contributed by atoms with van der Waals surface area (Å²) in [6.07, 6.45) is 1.20. The Kier molecular flexibility index (Phi) is 4.99. The van der Waals surface area contributed by atoms with E-state index in [4.69, 9.17) is 0 Å². The Balaban J connectivity index is 1.81. The zero-order chi connectivity index (χ0) is 16.4. The van der Waals surface area contributed by atoms with Gasteiger partial charge in [-0.05, 0) is 42.1 Å². The molecular formula is C20H21BrN2S. The number of benzene rings is 2. The topological polar surface area (TPSA) is 15.3 Å². The van der Waals surface area contributed by atoms with E-state index in [0.29, 0.717) is 6.04 Å². The molecule has 3 aromatic rings. The van der Waals surface area contributed by atoms with Crippen molar-refractivity contribution < 1.29 is 0 Å². The Morgan fingerprint density at radius 2 is 1.83 bits per heavy atom. The van der Waals surface area contributed by atoms with E-state index in [1.165, 1.54) is 31.4 Å². The molecule has 2 aromatic carbocycles. The normalized spacial score (nSPS) is 17.7. The fourth-order valence-electron chi connectivity index (χ4n) is 3.49. The average Bonchev–Trinajstić information content (AvgIpc) is 2.84. The summed E-state index contributed by atoms with van der Waals surface area (Å²) in [5.74, 6) is 0. The minimum atomic E-state index is 0.317. The number of thiophene rings is 1. The molecule has 1 atom stereocenters. The van der Waals surface area contributed by atoms with Crippen molar-refractivity contribution >= 4 is 37.4 Å². The van der Waals surface area contributed by atoms with E-state index in [2.05, 4.69) is 80.7 Å². The highest BCUT2D eigenvalue weighted by atomic mass is 79.9. The average molecular weight is 401 g/mol. The summed E-state index contributed by atoms with van der Waals surface area (Å²) in [5.41, 5.74) is 1.37. The second kappa shape index (κ2) is 7.36. The molecule has 1 saturated heterocycles. The molecule has 0 bridgehead atoms. The second-order valence-electron chi connectivity index (χ2n) is 6.25. The third-order valence-corrected chi connectivity index (χ3v) is 6.54. The summed E-state index contributed by atoms with van der Waals surface area (Å²) >= 11 is 5.71. The van der Waals surface area contributed by atoms with Gasteiger partial charge in [0.05, 0.1) is 6.04 Å². The van der Waals surface area contributed by atoms with Gasteiger partial charge in [-0.1, -0.05) is 52.3 Å². The molecule has 124 valence electrons. The number of hydrogen-bond donors (Lipinski definition) is 1. The largest absolute Gasteiger partial charge is 0.315 e. The van der Waals surface area contributed by atoms with Gasteiger partial charge >= 0.3 is 0 Å². The highest BCUT2D eigenvalue weighted by Crippen LogP contribution is 2.39. The van der Waals surface area contributed by atoms with Gasteiger partial charge in [0.25, 0.3) is 0 Å². The molecule has 1 N–H and O–H groups in total. The zero-order valence-electron chi connectivity index (χ0n) is 13.5. The minimum Gasteiger partial charge on any atom is -0.315 e. The summed E-state index contributed by atoms with van der Waals surface area (Å²) in [4.78, 5) is 4.06. The summed E-state index contributed by atoms with van der Waals surface area (Å²) in [7, 11) is 0. The maximum Gasteiger partial charge on any atom is 0.0707 e. The first-order valence-corrected chi connectivity index (χ1v) is 10.1. The first-order valence-electron chi connectivity index (χ1n) is 8.50. The van der Waals surface area contributed by atoms with Crippen molar-refractivity contribution in [2.24, 2.45) is 0 Å². The van der Waals surface area contributed by atoms with Crippen LogP contribution in [0, 0.1) is 0 Å². The van der Waals surface area contributed by atoms with E-state index in [-0.39, 0.29) is 0 Å². The SMILES string of the molecule is Brc1ccccc1C(c1cc2ccccc2s1)N1CCCNCC1. The standard InChI is InChI=1S/C20H21BrN2S/c21-17-8-3-2-7-16(17)20(23-12-5-10-22-11-13-23)19-14-15-6-1-4-9-18(15)24-19/h1-4,6-9,14,20,22H,5,10-13H2. The summed E-state index contributed by atoms with van der Waals surface area (Å²) in [5, 5.41) is 4.88. The molecule has 4 heteroatoms. The van der Waals surface area contributed by atoms with Crippen LogP contribution in [0.5, 0.6) is 0 Å². The van der Waals surface area contributed by atoms with Crippen molar-refractivity contribution in [3.63, 3.8) is 0 Å². The first kappa shape index (κ1) is 16.3. The smallest absolute Gasteiger partial charge is 0.0707 e. The third-order valence-electron chi connectivity index (χ3n) is 4.65. The molecule has 24 heavy (non-hydrogen) atoms. The quantitative estimate of drug-likeness (QED) is 0.661. The molecule has 1 fully saturated rings. The fourth-order valence-corrected chi connectivity index (χ4v) is 5.21. The molecule has 1 aromatic heterocycles. The van der Waals surface area contributed by atoms with Crippen LogP contribution in [0.4, 0.5) is 0 Å². The van der Waals surface area contributed by atoms with E-state index in [1.807, 2.05) is 11.3 Å². The highest BCUT2D eigenvalue weighted by molar-refractivity contribution is 9.10. The summed E-state index contributed by atoms with van der Waals surface area (Å²) in [6.45, 7) is 4.39. The van der Waals surface area contributed by atoms with Gasteiger partial charge in [-0.2, -0.15) is 0 Å². The van der Waals surface area contributed by atoms with Crippen LogP contribution in [0.15, 0.2) is 59.1 Å². The molecule has 0 radical (unpaired) electrons. The first-order chi connectivity index (χ1) is 11.8. The Hall–Kier alpha value is -1.20. The Labute approximate surface area is 155 Å². The molecule has 0 aliphatic carbocycles. The maximum atomic E-state index is 3.79.